The quantitative estimate of drug-likeness (QED) is 0.199. The van der Waals surface area contributed by atoms with E-state index in [1.807, 2.05) is 49.4 Å². The number of aliphatic carboxylic acids is 1. The number of benzene rings is 1. The largest absolute Gasteiger partial charge is 0.478 e. The zero-order valence-electron chi connectivity index (χ0n) is 25.4. The topological polar surface area (TPSA) is 102 Å². The highest BCUT2D eigenvalue weighted by atomic mass is 16.6. The number of carbonyl (C=O) groups excluding carboxylic acids is 2. The lowest BCUT2D eigenvalue weighted by Crippen LogP contribution is -2.38. The molecule has 7 nitrogen and oxygen atoms in total. The summed E-state index contributed by atoms with van der Waals surface area (Å²) < 4.78 is 15.2. The molecule has 2 aliphatic carbocycles. The summed E-state index contributed by atoms with van der Waals surface area (Å²) in [6.45, 7) is 23.7. The van der Waals surface area contributed by atoms with Crippen LogP contribution < -0.4 is 0 Å². The van der Waals surface area contributed by atoms with Gasteiger partial charge in [0.2, 0.25) is 0 Å². The number of rotatable bonds is 9. The fourth-order valence-electron chi connectivity index (χ4n) is 5.12. The molecule has 0 radical (unpaired) electrons. The van der Waals surface area contributed by atoms with Gasteiger partial charge in [0.25, 0.3) is 0 Å². The fraction of sp³-hybridized carbons (Fsp3) is 0.500. The maximum atomic E-state index is 11.6. The lowest BCUT2D eigenvalue weighted by atomic mass is 9.70. The van der Waals surface area contributed by atoms with Crippen LogP contribution in [0.1, 0.15) is 66.4 Å². The third kappa shape index (κ3) is 9.28. The molecule has 0 spiro atoms. The summed E-state index contributed by atoms with van der Waals surface area (Å²) >= 11 is 0. The van der Waals surface area contributed by atoms with Gasteiger partial charge in [-0.1, -0.05) is 89.9 Å². The maximum absolute atomic E-state index is 11.6. The second-order valence-corrected chi connectivity index (χ2v) is 12.0. The van der Waals surface area contributed by atoms with Crippen molar-refractivity contribution < 1.29 is 33.7 Å². The van der Waals surface area contributed by atoms with Crippen LogP contribution in [0.4, 0.5) is 0 Å². The molecule has 4 rings (SSSR count). The van der Waals surface area contributed by atoms with E-state index in [0.717, 1.165) is 12.0 Å². The number of carbonyl (C=O) groups is 3. The monoisotopic (exact) mass is 566 g/mol. The summed E-state index contributed by atoms with van der Waals surface area (Å²) in [5.41, 5.74) is 2.66. The Bertz CT molecular complexity index is 1160. The lowest BCUT2D eigenvalue weighted by Gasteiger charge is -2.38. The second kappa shape index (κ2) is 14.4. The summed E-state index contributed by atoms with van der Waals surface area (Å²) in [6.07, 6.45) is 7.46. The molecule has 1 heterocycles. The molecule has 7 heteroatoms. The van der Waals surface area contributed by atoms with Crippen molar-refractivity contribution in [2.75, 3.05) is 13.2 Å². The van der Waals surface area contributed by atoms with Gasteiger partial charge in [0.15, 0.2) is 0 Å². The van der Waals surface area contributed by atoms with Gasteiger partial charge in [0, 0.05) is 28.1 Å². The van der Waals surface area contributed by atoms with Crippen LogP contribution in [0.5, 0.6) is 0 Å². The van der Waals surface area contributed by atoms with Crippen molar-refractivity contribution >= 4 is 24.0 Å². The van der Waals surface area contributed by atoms with Crippen molar-refractivity contribution in [2.45, 2.75) is 73.0 Å². The molecule has 1 aromatic rings. The molecule has 3 fully saturated rings. The van der Waals surface area contributed by atoms with Crippen molar-refractivity contribution in [3.05, 3.63) is 78.4 Å². The first kappa shape index (κ1) is 33.8. The minimum Gasteiger partial charge on any atom is -0.478 e. The van der Waals surface area contributed by atoms with Crippen LogP contribution >= 0.6 is 0 Å². The predicted octanol–water partition coefficient (Wildman–Crippen LogP) is 6.80. The van der Waals surface area contributed by atoms with E-state index in [9.17, 15) is 14.4 Å². The molecule has 41 heavy (non-hydrogen) atoms. The van der Waals surface area contributed by atoms with E-state index in [4.69, 9.17) is 19.3 Å². The van der Waals surface area contributed by atoms with Crippen LogP contribution in [-0.2, 0) is 28.6 Å². The molecule has 2 bridgehead atoms. The molecule has 5 atom stereocenters. The number of fused-ring (bicyclic) bond motifs is 2. The Labute approximate surface area is 245 Å². The molecule has 1 aliphatic heterocycles. The van der Waals surface area contributed by atoms with Crippen molar-refractivity contribution in [1.82, 2.24) is 0 Å². The van der Waals surface area contributed by atoms with Crippen LogP contribution in [0.25, 0.3) is 6.08 Å². The number of ether oxygens (including phenoxy) is 3. The zero-order chi connectivity index (χ0) is 31.0. The highest BCUT2D eigenvalue weighted by Crippen LogP contribution is 2.66. The van der Waals surface area contributed by atoms with E-state index >= 15 is 0 Å². The van der Waals surface area contributed by atoms with Crippen LogP contribution in [0.15, 0.2) is 72.9 Å². The molecule has 224 valence electrons. The number of carboxylic acids is 1. The number of esters is 2. The zero-order valence-corrected chi connectivity index (χ0v) is 25.4. The molecule has 1 saturated heterocycles. The summed E-state index contributed by atoms with van der Waals surface area (Å²) in [5.74, 6) is -0.951. The van der Waals surface area contributed by atoms with Gasteiger partial charge >= 0.3 is 17.9 Å². The molecule has 1 aromatic carbocycles. The van der Waals surface area contributed by atoms with E-state index in [-0.39, 0.29) is 41.1 Å². The number of hydrogen-bond donors (Lipinski definition) is 1. The summed E-state index contributed by atoms with van der Waals surface area (Å²) in [4.78, 5) is 32.9. The van der Waals surface area contributed by atoms with Crippen LogP contribution in [0.3, 0.4) is 0 Å². The van der Waals surface area contributed by atoms with Crippen LogP contribution in [0.2, 0.25) is 0 Å². The molecule has 0 aromatic heterocycles. The second-order valence-electron chi connectivity index (χ2n) is 12.0. The fourth-order valence-corrected chi connectivity index (χ4v) is 5.12. The summed E-state index contributed by atoms with van der Waals surface area (Å²) in [6, 6.07) is 9.75. The SMILES string of the molecule is C=C(C(=O)O)C(C)C=Cc1ccccc1.C=C(C)C(=O)OC1CC2CCC1(C)C2(C)C.C=C(C)C(=O)OCC1CO1. The molecule has 2 saturated carbocycles. The molecular weight excluding hydrogens is 520 g/mol. The van der Waals surface area contributed by atoms with Crippen molar-refractivity contribution in [3.63, 3.8) is 0 Å². The predicted molar refractivity (Wildman–Crippen MR) is 161 cm³/mol. The van der Waals surface area contributed by atoms with Gasteiger partial charge in [-0.25, -0.2) is 14.4 Å². The van der Waals surface area contributed by atoms with E-state index in [0.29, 0.717) is 35.7 Å². The van der Waals surface area contributed by atoms with Gasteiger partial charge < -0.3 is 19.3 Å². The smallest absolute Gasteiger partial charge is 0.333 e. The molecule has 1 N–H and O–H groups in total. The number of allylic oxidation sites excluding steroid dienone is 1. The first-order valence-electron chi connectivity index (χ1n) is 14.1. The van der Waals surface area contributed by atoms with Crippen molar-refractivity contribution in [2.24, 2.45) is 22.7 Å². The van der Waals surface area contributed by atoms with Gasteiger partial charge in [0.1, 0.15) is 18.8 Å². The number of hydrogen-bond acceptors (Lipinski definition) is 6. The Balaban J connectivity index is 0.000000221. The highest BCUT2D eigenvalue weighted by molar-refractivity contribution is 5.87. The maximum Gasteiger partial charge on any atom is 0.333 e. The average molecular weight is 567 g/mol. The number of carboxylic acid groups (broad SMARTS) is 1. The standard InChI is InChI=1S/C14H22O2.C13H14O2.C7H10O3/c1-9(2)12(15)16-11-8-10-6-7-14(11,5)13(10,3)4;1-10(11(2)13(14)15)8-9-12-6-4-3-5-7-12;1-5(2)7(8)10-4-6-3-9-6/h10-11H,1,6-8H2,2-5H3;3-10H,2H2,1H3,(H,14,15);6H,1,3-4H2,2H3. The lowest BCUT2D eigenvalue weighted by molar-refractivity contribution is -0.152. The van der Waals surface area contributed by atoms with Gasteiger partial charge in [0.05, 0.1) is 6.61 Å². The third-order valence-electron chi connectivity index (χ3n) is 8.66. The van der Waals surface area contributed by atoms with Gasteiger partial charge in [-0.2, -0.15) is 0 Å². The third-order valence-corrected chi connectivity index (χ3v) is 8.66. The summed E-state index contributed by atoms with van der Waals surface area (Å²) in [5, 5.41) is 8.72. The molecule has 5 unspecified atom stereocenters. The first-order chi connectivity index (χ1) is 19.1. The Morgan fingerprint density at radius 1 is 1.07 bits per heavy atom. The Morgan fingerprint density at radius 3 is 2.10 bits per heavy atom. The van der Waals surface area contributed by atoms with Crippen LogP contribution in [0, 0.1) is 22.7 Å². The van der Waals surface area contributed by atoms with Crippen molar-refractivity contribution in [1.29, 1.82) is 0 Å². The minimum absolute atomic E-state index is 0.0884. The van der Waals surface area contributed by atoms with E-state index < -0.39 is 5.97 Å². The molecule has 0 amide bonds. The van der Waals surface area contributed by atoms with Gasteiger partial charge in [-0.05, 0) is 50.0 Å². The van der Waals surface area contributed by atoms with E-state index in [2.05, 4.69) is 40.5 Å². The number of epoxide rings is 1. The first-order valence-corrected chi connectivity index (χ1v) is 14.1. The van der Waals surface area contributed by atoms with Gasteiger partial charge in [-0.3, -0.25) is 0 Å². The highest BCUT2D eigenvalue weighted by Gasteiger charge is 2.62. The molecular formula is C34H46O7. The Hall–Kier alpha value is -3.45. The average Bonchev–Trinajstić information content (AvgIpc) is 3.70. The Kier molecular flexibility index (Phi) is 11.9. The van der Waals surface area contributed by atoms with Crippen molar-refractivity contribution in [3.8, 4) is 0 Å². The normalized spacial score (nSPS) is 25.5. The van der Waals surface area contributed by atoms with Crippen LogP contribution in [-0.4, -0.2) is 48.4 Å². The summed E-state index contributed by atoms with van der Waals surface area (Å²) in [7, 11) is 0. The van der Waals surface area contributed by atoms with Gasteiger partial charge in [-0.15, -0.1) is 0 Å². The Morgan fingerprint density at radius 2 is 1.66 bits per heavy atom. The van der Waals surface area contributed by atoms with E-state index in [1.165, 1.54) is 12.8 Å². The van der Waals surface area contributed by atoms with E-state index in [1.54, 1.807) is 13.8 Å². The molecule has 3 aliphatic rings. The minimum atomic E-state index is -0.944.